The number of amides is 1. The van der Waals surface area contributed by atoms with Crippen molar-refractivity contribution < 1.29 is 24.5 Å². The number of aliphatic hydroxyl groups is 2. The van der Waals surface area contributed by atoms with Crippen molar-refractivity contribution in [3.05, 3.63) is 36.5 Å². The number of esters is 1. The van der Waals surface area contributed by atoms with Crippen molar-refractivity contribution in [1.29, 1.82) is 0 Å². The van der Waals surface area contributed by atoms with Crippen LogP contribution < -0.4 is 5.32 Å². The minimum Gasteiger partial charge on any atom is -0.462 e. The molecule has 0 aromatic carbocycles. The zero-order valence-corrected chi connectivity index (χ0v) is 42.2. The lowest BCUT2D eigenvalue weighted by Gasteiger charge is -2.24. The van der Waals surface area contributed by atoms with Gasteiger partial charge in [-0.1, -0.05) is 231 Å². The van der Waals surface area contributed by atoms with E-state index < -0.39 is 18.2 Å². The molecule has 0 rings (SSSR count). The first-order valence-corrected chi connectivity index (χ1v) is 27.7. The van der Waals surface area contributed by atoms with Crippen molar-refractivity contribution >= 4 is 11.9 Å². The Morgan fingerprint density at radius 3 is 1.27 bits per heavy atom. The number of rotatable bonds is 50. The Bertz CT molecular complexity index is 1040. The minimum absolute atomic E-state index is 0.0680. The molecule has 370 valence electrons. The van der Waals surface area contributed by atoms with E-state index in [9.17, 15) is 19.8 Å². The third kappa shape index (κ3) is 46.4. The molecular formula is C57H107NO5. The highest BCUT2D eigenvalue weighted by atomic mass is 16.5. The van der Waals surface area contributed by atoms with Crippen LogP contribution in [0, 0.1) is 0 Å². The number of aliphatic hydroxyl groups excluding tert-OH is 2. The molecule has 3 atom stereocenters. The highest BCUT2D eigenvalue weighted by Crippen LogP contribution is 2.18. The van der Waals surface area contributed by atoms with E-state index in [-0.39, 0.29) is 24.9 Å². The van der Waals surface area contributed by atoms with Gasteiger partial charge in [-0.2, -0.15) is 0 Å². The van der Waals surface area contributed by atoms with Gasteiger partial charge in [0.25, 0.3) is 0 Å². The predicted molar refractivity (Wildman–Crippen MR) is 273 cm³/mol. The van der Waals surface area contributed by atoms with Crippen molar-refractivity contribution in [3.63, 3.8) is 0 Å². The molecule has 0 aromatic heterocycles. The van der Waals surface area contributed by atoms with Crippen molar-refractivity contribution in [2.45, 2.75) is 309 Å². The highest BCUT2D eigenvalue weighted by molar-refractivity contribution is 5.77. The van der Waals surface area contributed by atoms with E-state index >= 15 is 0 Å². The molecule has 0 aromatic rings. The van der Waals surface area contributed by atoms with Crippen molar-refractivity contribution in [1.82, 2.24) is 5.32 Å². The average Bonchev–Trinajstić information content (AvgIpc) is 3.28. The fourth-order valence-electron chi connectivity index (χ4n) is 8.46. The van der Waals surface area contributed by atoms with Crippen molar-refractivity contribution in [2.24, 2.45) is 0 Å². The summed E-state index contributed by atoms with van der Waals surface area (Å²) in [6.07, 6.45) is 60.6. The minimum atomic E-state index is -0.790. The molecule has 0 saturated heterocycles. The van der Waals surface area contributed by atoms with Gasteiger partial charge in [0.05, 0.1) is 25.2 Å². The lowest BCUT2D eigenvalue weighted by Crippen LogP contribution is -2.46. The molecule has 0 aliphatic heterocycles. The van der Waals surface area contributed by atoms with E-state index in [2.05, 4.69) is 62.5 Å². The Labute approximate surface area is 392 Å². The maximum Gasteiger partial charge on any atom is 0.306 e. The number of hydrogen-bond donors (Lipinski definition) is 3. The molecule has 63 heavy (non-hydrogen) atoms. The number of allylic oxidation sites excluding steroid dienone is 6. The van der Waals surface area contributed by atoms with Gasteiger partial charge in [0.15, 0.2) is 0 Å². The number of ether oxygens (including phenoxy) is 1. The van der Waals surface area contributed by atoms with Gasteiger partial charge >= 0.3 is 5.97 Å². The maximum atomic E-state index is 13.2. The van der Waals surface area contributed by atoms with Crippen LogP contribution >= 0.6 is 0 Å². The van der Waals surface area contributed by atoms with E-state index in [1.54, 1.807) is 0 Å². The average molecular weight is 886 g/mol. The summed E-state index contributed by atoms with van der Waals surface area (Å²) in [6.45, 7) is 6.46. The summed E-state index contributed by atoms with van der Waals surface area (Å²) in [6, 6.07) is -0.704. The maximum absolute atomic E-state index is 13.2. The van der Waals surface area contributed by atoms with Gasteiger partial charge in [0.2, 0.25) is 5.91 Å². The molecule has 0 fully saturated rings. The van der Waals surface area contributed by atoms with Crippen LogP contribution in [-0.2, 0) is 14.3 Å². The van der Waals surface area contributed by atoms with Gasteiger partial charge < -0.3 is 20.3 Å². The lowest BCUT2D eigenvalue weighted by molar-refractivity contribution is -0.151. The molecule has 6 nitrogen and oxygen atoms in total. The summed E-state index contributed by atoms with van der Waals surface area (Å²) in [5.41, 5.74) is 0. The predicted octanol–water partition coefficient (Wildman–Crippen LogP) is 16.8. The normalized spacial score (nSPS) is 13.4. The monoisotopic (exact) mass is 886 g/mol. The molecule has 6 heteroatoms. The van der Waals surface area contributed by atoms with Gasteiger partial charge in [0.1, 0.15) is 6.10 Å². The van der Waals surface area contributed by atoms with Gasteiger partial charge in [-0.3, -0.25) is 9.59 Å². The SMILES string of the molecule is CCCCC/C=C\C/C=C\CCCCCCCCCCCC(=O)OC(CCCCC/C=C/CCCCCCCCC)CC(=O)NC(CO)C(O)CCCCCCCCCCCCC. The molecule has 0 saturated carbocycles. The quantitative estimate of drug-likeness (QED) is 0.0321. The molecule has 3 N–H and O–H groups in total. The van der Waals surface area contributed by atoms with E-state index in [4.69, 9.17) is 4.74 Å². The Morgan fingerprint density at radius 1 is 0.460 bits per heavy atom. The zero-order chi connectivity index (χ0) is 45.9. The van der Waals surface area contributed by atoms with E-state index in [1.165, 1.54) is 173 Å². The topological polar surface area (TPSA) is 95.9 Å². The number of unbranched alkanes of at least 4 members (excludes halogenated alkanes) is 32. The summed E-state index contributed by atoms with van der Waals surface area (Å²) < 4.78 is 5.94. The van der Waals surface area contributed by atoms with Crippen LogP contribution in [0.5, 0.6) is 0 Å². The van der Waals surface area contributed by atoms with E-state index in [0.717, 1.165) is 70.6 Å². The summed E-state index contributed by atoms with van der Waals surface area (Å²) in [5.74, 6) is -0.483. The zero-order valence-electron chi connectivity index (χ0n) is 42.2. The van der Waals surface area contributed by atoms with Gasteiger partial charge in [-0.15, -0.1) is 0 Å². The van der Waals surface area contributed by atoms with Gasteiger partial charge in [-0.25, -0.2) is 0 Å². The molecule has 0 aliphatic rings. The van der Waals surface area contributed by atoms with Crippen molar-refractivity contribution in [3.8, 4) is 0 Å². The Morgan fingerprint density at radius 2 is 0.810 bits per heavy atom. The Hall–Kier alpha value is -1.92. The molecular weight excluding hydrogens is 779 g/mol. The number of carbonyl (C=O) groups excluding carboxylic acids is 2. The first-order valence-electron chi connectivity index (χ1n) is 27.7. The molecule has 0 radical (unpaired) electrons. The standard InChI is InChI=1S/C57H107NO5/c1-4-7-10-13-16-19-22-24-26-27-28-29-30-32-35-38-41-44-47-50-57(62)63-53(48-45-42-39-36-34-31-25-23-20-17-14-11-8-5-2)51-56(61)58-54(52-59)55(60)49-46-43-40-37-33-21-18-15-12-9-6-3/h16,19,24,26,31,34,53-55,59-60H,4-15,17-18,20-23,25,27-30,32-33,35-52H2,1-3H3,(H,58,61)/b19-16-,26-24-,34-31+. The number of hydrogen-bond acceptors (Lipinski definition) is 5. The number of nitrogens with one attached hydrogen (secondary N) is 1. The first-order chi connectivity index (χ1) is 31.0. The lowest BCUT2D eigenvalue weighted by atomic mass is 10.0. The fourth-order valence-corrected chi connectivity index (χ4v) is 8.46. The van der Waals surface area contributed by atoms with E-state index in [1.807, 2.05) is 0 Å². The largest absolute Gasteiger partial charge is 0.462 e. The van der Waals surface area contributed by atoms with Crippen LogP contribution in [-0.4, -0.2) is 46.9 Å². The summed E-state index contributed by atoms with van der Waals surface area (Å²) in [7, 11) is 0. The van der Waals surface area contributed by atoms with Gasteiger partial charge in [-0.05, 0) is 83.5 Å². The van der Waals surface area contributed by atoms with Crippen LogP contribution in [0.1, 0.15) is 290 Å². The fraction of sp³-hybridized carbons (Fsp3) is 0.860. The molecule has 3 unspecified atom stereocenters. The Kier molecular flexibility index (Phi) is 49.5. The molecule has 0 bridgehead atoms. The van der Waals surface area contributed by atoms with Crippen molar-refractivity contribution in [2.75, 3.05) is 6.61 Å². The van der Waals surface area contributed by atoms with Crippen LogP contribution in [0.3, 0.4) is 0 Å². The van der Waals surface area contributed by atoms with E-state index in [0.29, 0.717) is 19.3 Å². The highest BCUT2D eigenvalue weighted by Gasteiger charge is 2.24. The molecule has 0 heterocycles. The molecule has 1 amide bonds. The molecule has 0 spiro atoms. The summed E-state index contributed by atoms with van der Waals surface area (Å²) in [5, 5.41) is 23.8. The second-order valence-corrected chi connectivity index (χ2v) is 19.0. The van der Waals surface area contributed by atoms with Crippen LogP contribution in [0.15, 0.2) is 36.5 Å². The van der Waals surface area contributed by atoms with Gasteiger partial charge in [0, 0.05) is 6.42 Å². The van der Waals surface area contributed by atoms with Crippen LogP contribution in [0.25, 0.3) is 0 Å². The van der Waals surface area contributed by atoms with Crippen LogP contribution in [0.2, 0.25) is 0 Å². The summed E-state index contributed by atoms with van der Waals surface area (Å²) >= 11 is 0. The van der Waals surface area contributed by atoms with Crippen LogP contribution in [0.4, 0.5) is 0 Å². The number of carbonyl (C=O) groups is 2. The first kappa shape index (κ1) is 61.1. The third-order valence-corrected chi connectivity index (χ3v) is 12.7. The smallest absolute Gasteiger partial charge is 0.306 e. The Balaban J connectivity index is 4.54. The summed E-state index contributed by atoms with van der Waals surface area (Å²) in [4.78, 5) is 26.2. The molecule has 0 aliphatic carbocycles. The second-order valence-electron chi connectivity index (χ2n) is 19.0. The third-order valence-electron chi connectivity index (χ3n) is 12.7. The second kappa shape index (κ2) is 51.1.